The number of thioether (sulfide) groups is 1. The zero-order valence-electron chi connectivity index (χ0n) is 23.7. The molecule has 1 saturated heterocycles. The van der Waals surface area contributed by atoms with Crippen molar-refractivity contribution in [3.8, 4) is 0 Å². The number of rotatable bonds is 5. The van der Waals surface area contributed by atoms with Gasteiger partial charge in [-0.3, -0.25) is 4.79 Å². The first-order valence-electron chi connectivity index (χ1n) is 13.6. The van der Waals surface area contributed by atoms with Crippen molar-refractivity contribution in [1.82, 2.24) is 9.80 Å². The number of carbonyl (C=O) groups is 2. The number of carbonyl (C=O) groups excluding carboxylic acids is 1. The van der Waals surface area contributed by atoms with Gasteiger partial charge in [0.2, 0.25) is 0 Å². The highest BCUT2D eigenvalue weighted by Crippen LogP contribution is 2.57. The number of halogens is 2. The van der Waals surface area contributed by atoms with Gasteiger partial charge in [-0.25, -0.2) is 9.79 Å². The molecule has 3 heterocycles. The molecule has 0 saturated carbocycles. The molecule has 212 valence electrons. The van der Waals surface area contributed by atoms with Crippen LogP contribution in [0.15, 0.2) is 64.1 Å². The van der Waals surface area contributed by atoms with Gasteiger partial charge in [0.1, 0.15) is 16.0 Å². The highest BCUT2D eigenvalue weighted by Gasteiger charge is 2.60. The van der Waals surface area contributed by atoms with Crippen molar-refractivity contribution in [2.45, 2.75) is 71.5 Å². The topological polar surface area (TPSA) is 73.2 Å². The van der Waals surface area contributed by atoms with Crippen LogP contribution in [0.4, 0.5) is 0 Å². The van der Waals surface area contributed by atoms with Gasteiger partial charge in [-0.15, -0.1) is 0 Å². The number of allylic oxidation sites excluding steroid dienone is 1. The van der Waals surface area contributed by atoms with Crippen molar-refractivity contribution in [2.75, 3.05) is 6.54 Å². The number of amides is 1. The molecule has 0 radical (unpaired) electrons. The molecule has 3 aliphatic rings. The third-order valence-electron chi connectivity index (χ3n) is 8.59. The summed E-state index contributed by atoms with van der Waals surface area (Å²) < 4.78 is 0. The van der Waals surface area contributed by atoms with Crippen molar-refractivity contribution >= 4 is 52.0 Å². The molecule has 6 nitrogen and oxygen atoms in total. The SMILES string of the molecule is CC(C)C1=C(C(=O)N2CCC[C@]2(C(=O)O)C(C)(C)C)SC2=N[C@@](C)(c3ccc(Cl)cc3)[C@@H](c3ccc(Cl)cc3)N21. The monoisotopic (exact) mass is 599 g/mol. The molecule has 1 fully saturated rings. The lowest BCUT2D eigenvalue weighted by Crippen LogP contribution is -2.61. The number of aliphatic imine (C=N–C) groups is 1. The third-order valence-corrected chi connectivity index (χ3v) is 10.1. The normalized spacial score (nSPS) is 26.5. The van der Waals surface area contributed by atoms with Gasteiger partial charge in [-0.2, -0.15) is 0 Å². The summed E-state index contributed by atoms with van der Waals surface area (Å²) >= 11 is 13.9. The summed E-state index contributed by atoms with van der Waals surface area (Å²) in [5, 5.41) is 12.5. The van der Waals surface area contributed by atoms with Crippen LogP contribution in [0.2, 0.25) is 10.0 Å². The first-order chi connectivity index (χ1) is 18.7. The highest BCUT2D eigenvalue weighted by atomic mass is 35.5. The summed E-state index contributed by atoms with van der Waals surface area (Å²) in [4.78, 5) is 36.8. The van der Waals surface area contributed by atoms with Crippen LogP contribution in [0.1, 0.15) is 71.6 Å². The summed E-state index contributed by atoms with van der Waals surface area (Å²) in [6.07, 6.45) is 1.08. The van der Waals surface area contributed by atoms with Crippen LogP contribution in [0, 0.1) is 11.3 Å². The average molecular weight is 601 g/mol. The molecule has 1 N–H and O–H groups in total. The van der Waals surface area contributed by atoms with E-state index in [-0.39, 0.29) is 17.9 Å². The maximum absolute atomic E-state index is 14.4. The predicted octanol–water partition coefficient (Wildman–Crippen LogP) is 7.73. The second-order valence-corrected chi connectivity index (χ2v) is 14.2. The van der Waals surface area contributed by atoms with Crippen LogP contribution in [0.3, 0.4) is 0 Å². The van der Waals surface area contributed by atoms with Crippen LogP contribution in [-0.2, 0) is 15.1 Å². The van der Waals surface area contributed by atoms with Gasteiger partial charge in [0.25, 0.3) is 5.91 Å². The maximum atomic E-state index is 14.4. The number of fused-ring (bicyclic) bond motifs is 1. The fourth-order valence-corrected chi connectivity index (χ4v) is 8.21. The molecule has 40 heavy (non-hydrogen) atoms. The van der Waals surface area contributed by atoms with E-state index in [4.69, 9.17) is 28.2 Å². The summed E-state index contributed by atoms with van der Waals surface area (Å²) in [5.74, 6) is -1.20. The Balaban J connectivity index is 1.66. The number of nitrogens with zero attached hydrogens (tertiary/aromatic N) is 3. The fraction of sp³-hybridized carbons (Fsp3) is 0.452. The lowest BCUT2D eigenvalue weighted by molar-refractivity contribution is -0.163. The number of aliphatic carboxylic acids is 1. The van der Waals surface area contributed by atoms with Gasteiger partial charge in [0, 0.05) is 22.3 Å². The van der Waals surface area contributed by atoms with Crippen LogP contribution in [-0.4, -0.2) is 44.0 Å². The Bertz CT molecular complexity index is 1410. The minimum Gasteiger partial charge on any atom is -0.479 e. The van der Waals surface area contributed by atoms with Crippen molar-refractivity contribution < 1.29 is 14.7 Å². The van der Waals surface area contributed by atoms with E-state index >= 15 is 0 Å². The zero-order chi connectivity index (χ0) is 29.2. The Morgan fingerprint density at radius 2 is 1.62 bits per heavy atom. The maximum Gasteiger partial charge on any atom is 0.330 e. The number of amidine groups is 1. The van der Waals surface area contributed by atoms with E-state index in [1.165, 1.54) is 11.8 Å². The Hall–Kier alpha value is -2.48. The van der Waals surface area contributed by atoms with E-state index in [0.29, 0.717) is 34.3 Å². The lowest BCUT2D eigenvalue weighted by Gasteiger charge is -2.44. The van der Waals surface area contributed by atoms with E-state index in [1.807, 2.05) is 69.3 Å². The molecule has 2 aromatic carbocycles. The van der Waals surface area contributed by atoms with Crippen LogP contribution in [0.5, 0.6) is 0 Å². The summed E-state index contributed by atoms with van der Waals surface area (Å²) in [6, 6.07) is 15.3. The first kappa shape index (κ1) is 29.0. The molecule has 0 aromatic heterocycles. The van der Waals surface area contributed by atoms with Crippen molar-refractivity contribution in [3.05, 3.63) is 80.3 Å². The molecule has 1 amide bonds. The summed E-state index contributed by atoms with van der Waals surface area (Å²) in [7, 11) is 0. The average Bonchev–Trinajstić information content (AvgIpc) is 3.55. The number of hydrogen-bond donors (Lipinski definition) is 1. The van der Waals surface area contributed by atoms with E-state index in [1.54, 1.807) is 4.90 Å². The van der Waals surface area contributed by atoms with Gasteiger partial charge < -0.3 is 14.9 Å². The number of hydrogen-bond acceptors (Lipinski definition) is 5. The zero-order valence-corrected chi connectivity index (χ0v) is 26.0. The predicted molar refractivity (Wildman–Crippen MR) is 162 cm³/mol. The molecular weight excluding hydrogens is 565 g/mol. The Labute approximate surface area is 250 Å². The molecule has 0 aliphatic carbocycles. The van der Waals surface area contributed by atoms with E-state index in [9.17, 15) is 14.7 Å². The lowest BCUT2D eigenvalue weighted by atomic mass is 9.71. The summed E-state index contributed by atoms with van der Waals surface area (Å²) in [5.41, 5.74) is 0.309. The Kier molecular flexibility index (Phi) is 7.33. The van der Waals surface area contributed by atoms with Crippen molar-refractivity contribution in [1.29, 1.82) is 0 Å². The van der Waals surface area contributed by atoms with Gasteiger partial charge in [-0.05, 0) is 78.3 Å². The molecule has 3 aliphatic heterocycles. The molecular formula is C31H35Cl2N3O3S. The van der Waals surface area contributed by atoms with Crippen molar-refractivity contribution in [3.63, 3.8) is 0 Å². The fourth-order valence-electron chi connectivity index (χ4n) is 6.60. The molecule has 0 spiro atoms. The number of carboxylic acids is 1. The number of carboxylic acid groups (broad SMARTS) is 1. The molecule has 9 heteroatoms. The summed E-state index contributed by atoms with van der Waals surface area (Å²) in [6.45, 7) is 12.4. The van der Waals surface area contributed by atoms with Gasteiger partial charge in [0.05, 0.1) is 6.04 Å². The van der Waals surface area contributed by atoms with E-state index in [0.717, 1.165) is 22.0 Å². The minimum absolute atomic E-state index is 0.0158. The standard InChI is InChI=1S/C31H35Cl2N3O3S/c1-18(2)23-24(26(37)35-17-7-16-31(35,27(38)39)29(3,4)5)40-28-34-30(6,20-10-14-22(33)15-11-20)25(36(23)28)19-8-12-21(32)13-9-19/h8-15,18,25H,7,16-17H2,1-6H3,(H,38,39)/t25-,30+,31+/m1/s1. The van der Waals surface area contributed by atoms with Crippen molar-refractivity contribution in [2.24, 2.45) is 16.3 Å². The molecule has 2 aromatic rings. The van der Waals surface area contributed by atoms with Crippen LogP contribution in [0.25, 0.3) is 0 Å². The second-order valence-electron chi connectivity index (χ2n) is 12.3. The number of likely N-dealkylation sites (tertiary alicyclic amines) is 1. The van der Waals surface area contributed by atoms with Gasteiger partial charge >= 0.3 is 5.97 Å². The quantitative estimate of drug-likeness (QED) is 0.380. The largest absolute Gasteiger partial charge is 0.479 e. The molecule has 5 rings (SSSR count). The third kappa shape index (κ3) is 4.36. The van der Waals surface area contributed by atoms with Gasteiger partial charge in [-0.1, -0.05) is 82.1 Å². The smallest absolute Gasteiger partial charge is 0.330 e. The molecule has 0 unspecified atom stereocenters. The van der Waals surface area contributed by atoms with Crippen LogP contribution < -0.4 is 0 Å². The van der Waals surface area contributed by atoms with E-state index < -0.39 is 22.5 Å². The minimum atomic E-state index is -1.28. The Morgan fingerprint density at radius 3 is 2.15 bits per heavy atom. The second kappa shape index (κ2) is 10.1. The van der Waals surface area contributed by atoms with Gasteiger partial charge in [0.15, 0.2) is 5.17 Å². The Morgan fingerprint density at radius 1 is 1.05 bits per heavy atom. The molecule has 0 bridgehead atoms. The van der Waals surface area contributed by atoms with Crippen LogP contribution >= 0.6 is 35.0 Å². The number of benzene rings is 2. The molecule has 3 atom stereocenters. The highest BCUT2D eigenvalue weighted by molar-refractivity contribution is 8.18. The first-order valence-corrected chi connectivity index (χ1v) is 15.2. The van der Waals surface area contributed by atoms with E-state index in [2.05, 4.69) is 25.7 Å².